The van der Waals surface area contributed by atoms with Gasteiger partial charge >= 0.3 is 0 Å². The predicted octanol–water partition coefficient (Wildman–Crippen LogP) is 2.21. The van der Waals surface area contributed by atoms with Gasteiger partial charge in [0.1, 0.15) is 6.04 Å². The number of aromatic nitrogens is 4. The highest BCUT2D eigenvalue weighted by molar-refractivity contribution is 5.99. The van der Waals surface area contributed by atoms with E-state index in [1.54, 1.807) is 26.7 Å². The largest absolute Gasteiger partial charge is 0.371 e. The van der Waals surface area contributed by atoms with E-state index in [0.717, 1.165) is 36.4 Å². The first-order chi connectivity index (χ1) is 12.2. The molecule has 2 aromatic heterocycles. The molecule has 0 saturated carbocycles. The van der Waals surface area contributed by atoms with Crippen molar-refractivity contribution in [2.45, 2.75) is 18.9 Å². The fourth-order valence-corrected chi connectivity index (χ4v) is 3.13. The molecule has 0 radical (unpaired) electrons. The van der Waals surface area contributed by atoms with E-state index in [1.807, 2.05) is 49.8 Å². The van der Waals surface area contributed by atoms with Gasteiger partial charge in [-0.2, -0.15) is 10.2 Å². The van der Waals surface area contributed by atoms with Gasteiger partial charge in [-0.05, 0) is 25.0 Å². The number of carbonyl (C=O) groups excluding carboxylic acids is 1. The zero-order chi connectivity index (χ0) is 17.2. The molecule has 1 saturated heterocycles. The van der Waals surface area contributed by atoms with E-state index in [9.17, 15) is 4.79 Å². The predicted molar refractivity (Wildman–Crippen MR) is 95.8 cm³/mol. The summed E-state index contributed by atoms with van der Waals surface area (Å²) in [6.45, 7) is 0.728. The average Bonchev–Trinajstić information content (AvgIpc) is 3.27. The molecule has 3 aromatic rings. The molecule has 1 aromatic carbocycles. The third-order valence-electron chi connectivity index (χ3n) is 4.39. The second kappa shape index (κ2) is 6.43. The Balaban J connectivity index is 1.49. The van der Waals surface area contributed by atoms with Crippen LogP contribution in [0.25, 0.3) is 5.69 Å². The summed E-state index contributed by atoms with van der Waals surface area (Å²) in [7, 11) is 1.85. The summed E-state index contributed by atoms with van der Waals surface area (Å²) in [5.41, 5.74) is 2.68. The lowest BCUT2D eigenvalue weighted by molar-refractivity contribution is -0.120. The van der Waals surface area contributed by atoms with Crippen molar-refractivity contribution in [2.75, 3.05) is 16.8 Å². The second-order valence-electron chi connectivity index (χ2n) is 6.21. The lowest BCUT2D eigenvalue weighted by Gasteiger charge is -2.31. The lowest BCUT2D eigenvalue weighted by atomic mass is 10.0. The van der Waals surface area contributed by atoms with E-state index < -0.39 is 0 Å². The van der Waals surface area contributed by atoms with Crippen molar-refractivity contribution in [3.63, 3.8) is 0 Å². The van der Waals surface area contributed by atoms with Crippen LogP contribution in [0.1, 0.15) is 12.8 Å². The topological polar surface area (TPSA) is 68.0 Å². The van der Waals surface area contributed by atoms with Crippen molar-refractivity contribution in [1.82, 2.24) is 19.6 Å². The number of carbonyl (C=O) groups is 1. The van der Waals surface area contributed by atoms with Gasteiger partial charge in [0.05, 0.1) is 35.7 Å². The van der Waals surface area contributed by atoms with Gasteiger partial charge in [0.2, 0.25) is 5.91 Å². The van der Waals surface area contributed by atoms with Crippen molar-refractivity contribution in [3.05, 3.63) is 55.1 Å². The number of amides is 1. The third-order valence-corrected chi connectivity index (χ3v) is 4.39. The van der Waals surface area contributed by atoms with Crippen LogP contribution in [0.3, 0.4) is 0 Å². The molecule has 1 amide bonds. The summed E-state index contributed by atoms with van der Waals surface area (Å²) in [6.07, 6.45) is 9.02. The molecule has 1 N–H and O–H groups in total. The summed E-state index contributed by atoms with van der Waals surface area (Å²) >= 11 is 0. The van der Waals surface area contributed by atoms with E-state index in [0.29, 0.717) is 0 Å². The highest BCUT2D eigenvalue weighted by Gasteiger charge is 2.30. The Labute approximate surface area is 145 Å². The summed E-state index contributed by atoms with van der Waals surface area (Å²) in [6, 6.07) is 9.66. The molecular formula is C18H20N6O. The van der Waals surface area contributed by atoms with Gasteiger partial charge in [-0.3, -0.25) is 9.48 Å². The third kappa shape index (κ3) is 3.13. The number of aryl methyl sites for hydroxylation is 1. The fourth-order valence-electron chi connectivity index (χ4n) is 3.13. The van der Waals surface area contributed by atoms with Crippen molar-refractivity contribution in [2.24, 2.45) is 7.05 Å². The first kappa shape index (κ1) is 15.4. The van der Waals surface area contributed by atoms with Crippen LogP contribution in [0.15, 0.2) is 55.1 Å². The molecule has 0 aliphatic carbocycles. The molecule has 25 heavy (non-hydrogen) atoms. The minimum Gasteiger partial charge on any atom is -0.371 e. The molecule has 0 spiro atoms. The molecule has 128 valence electrons. The van der Waals surface area contributed by atoms with Crippen molar-refractivity contribution in [3.8, 4) is 5.69 Å². The van der Waals surface area contributed by atoms with Crippen LogP contribution in [0, 0.1) is 0 Å². The van der Waals surface area contributed by atoms with E-state index in [-0.39, 0.29) is 11.9 Å². The van der Waals surface area contributed by atoms with Crippen molar-refractivity contribution in [1.29, 1.82) is 0 Å². The van der Waals surface area contributed by atoms with Crippen LogP contribution in [-0.4, -0.2) is 38.1 Å². The highest BCUT2D eigenvalue weighted by atomic mass is 16.2. The van der Waals surface area contributed by atoms with Gasteiger partial charge < -0.3 is 10.2 Å². The van der Waals surface area contributed by atoms with Gasteiger partial charge in [-0.1, -0.05) is 18.2 Å². The van der Waals surface area contributed by atoms with Crippen LogP contribution < -0.4 is 10.2 Å². The van der Waals surface area contributed by atoms with E-state index in [1.165, 1.54) is 0 Å². The maximum atomic E-state index is 12.8. The Bertz CT molecular complexity index is 869. The molecule has 4 rings (SSSR count). The zero-order valence-corrected chi connectivity index (χ0v) is 14.0. The van der Waals surface area contributed by atoms with Gasteiger partial charge in [0.25, 0.3) is 0 Å². The lowest BCUT2D eigenvalue weighted by Crippen LogP contribution is -2.47. The summed E-state index contributed by atoms with van der Waals surface area (Å²) in [5, 5.41) is 11.9. The molecule has 1 fully saturated rings. The molecule has 0 unspecified atom stereocenters. The average molecular weight is 336 g/mol. The minimum atomic E-state index is -0.248. The van der Waals surface area contributed by atoms with E-state index in [2.05, 4.69) is 15.5 Å². The quantitative estimate of drug-likeness (QED) is 0.793. The number of nitrogens with zero attached hydrogens (tertiary/aromatic N) is 5. The van der Waals surface area contributed by atoms with Crippen LogP contribution in [0.5, 0.6) is 0 Å². The Morgan fingerprint density at radius 1 is 1.08 bits per heavy atom. The molecule has 3 heterocycles. The molecule has 0 bridgehead atoms. The van der Waals surface area contributed by atoms with Crippen LogP contribution >= 0.6 is 0 Å². The van der Waals surface area contributed by atoms with Crippen LogP contribution in [0.2, 0.25) is 0 Å². The SMILES string of the molecule is Cn1cc(N2CCC[C@@H](Nc3cnn(-c4ccccc4)c3)C2=O)cn1. The first-order valence-electron chi connectivity index (χ1n) is 8.37. The second-order valence-corrected chi connectivity index (χ2v) is 6.21. The number of benzene rings is 1. The molecule has 7 nitrogen and oxygen atoms in total. The number of hydrogen-bond acceptors (Lipinski definition) is 4. The number of para-hydroxylation sites is 1. The Hall–Kier alpha value is -3.09. The maximum absolute atomic E-state index is 12.8. The highest BCUT2D eigenvalue weighted by Crippen LogP contribution is 2.23. The van der Waals surface area contributed by atoms with Crippen molar-refractivity contribution >= 4 is 17.3 Å². The molecule has 1 aliphatic rings. The monoisotopic (exact) mass is 336 g/mol. The zero-order valence-electron chi connectivity index (χ0n) is 14.0. The Morgan fingerprint density at radius 2 is 1.92 bits per heavy atom. The first-order valence-corrected chi connectivity index (χ1v) is 8.37. The summed E-state index contributed by atoms with van der Waals surface area (Å²) < 4.78 is 3.51. The molecule has 1 atom stereocenters. The molecule has 7 heteroatoms. The van der Waals surface area contributed by atoms with Gasteiger partial charge in [0.15, 0.2) is 0 Å². The van der Waals surface area contributed by atoms with Crippen LogP contribution in [-0.2, 0) is 11.8 Å². The smallest absolute Gasteiger partial charge is 0.249 e. The number of anilines is 2. The fraction of sp³-hybridized carbons (Fsp3) is 0.278. The number of piperidine rings is 1. The minimum absolute atomic E-state index is 0.0757. The van der Waals surface area contributed by atoms with Gasteiger partial charge in [0, 0.05) is 19.8 Å². The van der Waals surface area contributed by atoms with Gasteiger partial charge in [-0.15, -0.1) is 0 Å². The van der Waals surface area contributed by atoms with Crippen molar-refractivity contribution < 1.29 is 4.79 Å². The maximum Gasteiger partial charge on any atom is 0.249 e. The summed E-state index contributed by atoms with van der Waals surface area (Å²) in [5.74, 6) is 0.0757. The Morgan fingerprint density at radius 3 is 2.68 bits per heavy atom. The normalized spacial score (nSPS) is 17.7. The van der Waals surface area contributed by atoms with Crippen LogP contribution in [0.4, 0.5) is 11.4 Å². The number of nitrogens with one attached hydrogen (secondary N) is 1. The van der Waals surface area contributed by atoms with Gasteiger partial charge in [-0.25, -0.2) is 4.68 Å². The van der Waals surface area contributed by atoms with E-state index in [4.69, 9.17) is 0 Å². The number of rotatable bonds is 4. The standard InChI is InChI=1S/C18H20N6O/c1-22-13-16(11-19-22)23-9-5-8-17(18(23)25)21-14-10-20-24(12-14)15-6-3-2-4-7-15/h2-4,6-7,10-13,17,21H,5,8-9H2,1H3/t17-/m1/s1. The molecular weight excluding hydrogens is 316 g/mol. The van der Waals surface area contributed by atoms with E-state index >= 15 is 0 Å². The summed E-state index contributed by atoms with van der Waals surface area (Å²) in [4.78, 5) is 14.6. The Kier molecular flexibility index (Phi) is 3.97. The molecule has 1 aliphatic heterocycles. The number of hydrogen-bond donors (Lipinski definition) is 1.